The van der Waals surface area contributed by atoms with E-state index in [0.717, 1.165) is 23.4 Å². The zero-order chi connectivity index (χ0) is 22.2. The van der Waals surface area contributed by atoms with Gasteiger partial charge >= 0.3 is 0 Å². The summed E-state index contributed by atoms with van der Waals surface area (Å²) in [6, 6.07) is 10.6. The van der Waals surface area contributed by atoms with Crippen LogP contribution in [0.2, 0.25) is 0 Å². The lowest BCUT2D eigenvalue weighted by atomic mass is 9.95. The highest BCUT2D eigenvalue weighted by Gasteiger charge is 2.33. The van der Waals surface area contributed by atoms with Crippen LogP contribution in [-0.4, -0.2) is 48.1 Å². The standard InChI is InChI=1S/C23H22N4O5/c1-26-10-8-15-16(12-26)20(30-2)22-21(31-13-32-22)18(15)24-23(29)19-17(28)9-11-27(25-19)14-6-4-3-5-7-14/h3-7,9,11H,8,10,12-13H2,1-2H3,(H,24,29). The van der Waals surface area contributed by atoms with Crippen molar-refractivity contribution < 1.29 is 19.0 Å². The van der Waals surface area contributed by atoms with Gasteiger partial charge in [0, 0.05) is 30.9 Å². The number of likely N-dealkylation sites (N-methyl/N-ethyl adjacent to an activating group) is 1. The van der Waals surface area contributed by atoms with Gasteiger partial charge in [0.15, 0.2) is 17.2 Å². The number of benzene rings is 2. The van der Waals surface area contributed by atoms with E-state index in [0.29, 0.717) is 35.9 Å². The summed E-state index contributed by atoms with van der Waals surface area (Å²) in [6.45, 7) is 1.48. The molecule has 3 aromatic rings. The molecule has 32 heavy (non-hydrogen) atoms. The number of hydrogen-bond donors (Lipinski definition) is 1. The van der Waals surface area contributed by atoms with Crippen molar-refractivity contribution in [2.45, 2.75) is 13.0 Å². The van der Waals surface area contributed by atoms with E-state index in [2.05, 4.69) is 15.3 Å². The molecule has 0 fully saturated rings. The lowest BCUT2D eigenvalue weighted by molar-refractivity contribution is 0.101. The fraction of sp³-hybridized carbons (Fsp3) is 0.261. The minimum absolute atomic E-state index is 0.0255. The largest absolute Gasteiger partial charge is 0.492 e. The van der Waals surface area contributed by atoms with Crippen LogP contribution in [-0.2, 0) is 13.0 Å². The zero-order valence-electron chi connectivity index (χ0n) is 17.8. The predicted molar refractivity (Wildman–Crippen MR) is 117 cm³/mol. The number of para-hydroxylation sites is 1. The van der Waals surface area contributed by atoms with Crippen LogP contribution in [0.15, 0.2) is 47.4 Å². The topological polar surface area (TPSA) is 94.9 Å². The summed E-state index contributed by atoms with van der Waals surface area (Å²) in [5, 5.41) is 7.16. The molecule has 0 saturated heterocycles. The van der Waals surface area contributed by atoms with E-state index < -0.39 is 11.3 Å². The lowest BCUT2D eigenvalue weighted by Crippen LogP contribution is -2.30. The number of fused-ring (bicyclic) bond motifs is 2. The highest BCUT2D eigenvalue weighted by atomic mass is 16.7. The first-order valence-corrected chi connectivity index (χ1v) is 10.2. The van der Waals surface area contributed by atoms with E-state index in [1.807, 2.05) is 37.4 Å². The third kappa shape index (κ3) is 3.36. The van der Waals surface area contributed by atoms with Gasteiger partial charge in [-0.15, -0.1) is 0 Å². The Hall–Kier alpha value is -3.85. The molecule has 9 nitrogen and oxygen atoms in total. The molecule has 1 amide bonds. The van der Waals surface area contributed by atoms with Gasteiger partial charge in [0.05, 0.1) is 18.5 Å². The maximum Gasteiger partial charge on any atom is 0.280 e. The van der Waals surface area contributed by atoms with Crippen LogP contribution in [0.4, 0.5) is 5.69 Å². The van der Waals surface area contributed by atoms with Crippen LogP contribution in [0.5, 0.6) is 17.2 Å². The molecule has 3 heterocycles. The second-order valence-electron chi connectivity index (χ2n) is 7.68. The first-order valence-electron chi connectivity index (χ1n) is 10.2. The lowest BCUT2D eigenvalue weighted by Gasteiger charge is -2.29. The maximum absolute atomic E-state index is 13.2. The third-order valence-corrected chi connectivity index (χ3v) is 5.64. The molecular formula is C23H22N4O5. The summed E-state index contributed by atoms with van der Waals surface area (Å²) >= 11 is 0. The molecule has 0 spiro atoms. The van der Waals surface area contributed by atoms with E-state index in [-0.39, 0.29) is 12.5 Å². The maximum atomic E-state index is 13.2. The number of hydrogen-bond acceptors (Lipinski definition) is 7. The van der Waals surface area contributed by atoms with E-state index in [1.54, 1.807) is 7.11 Å². The number of amides is 1. The number of nitrogens with zero attached hydrogens (tertiary/aromatic N) is 3. The Kier molecular flexibility index (Phi) is 5.02. The van der Waals surface area contributed by atoms with E-state index in [4.69, 9.17) is 14.2 Å². The first kappa shape index (κ1) is 20.1. The fourth-order valence-corrected chi connectivity index (χ4v) is 4.10. The van der Waals surface area contributed by atoms with Crippen molar-refractivity contribution in [1.29, 1.82) is 0 Å². The molecule has 164 valence electrons. The molecule has 0 radical (unpaired) electrons. The highest BCUT2D eigenvalue weighted by Crippen LogP contribution is 2.52. The van der Waals surface area contributed by atoms with Gasteiger partial charge in [0.2, 0.25) is 18.0 Å². The van der Waals surface area contributed by atoms with Gasteiger partial charge in [-0.2, -0.15) is 5.10 Å². The van der Waals surface area contributed by atoms with Gasteiger partial charge in [0.25, 0.3) is 5.91 Å². The molecule has 0 unspecified atom stereocenters. The zero-order valence-corrected chi connectivity index (χ0v) is 17.8. The number of aromatic nitrogens is 2. The second-order valence-corrected chi connectivity index (χ2v) is 7.68. The van der Waals surface area contributed by atoms with Gasteiger partial charge in [-0.05, 0) is 31.2 Å². The molecule has 9 heteroatoms. The van der Waals surface area contributed by atoms with Crippen LogP contribution in [0.25, 0.3) is 5.69 Å². The highest BCUT2D eigenvalue weighted by molar-refractivity contribution is 6.05. The molecule has 0 bridgehead atoms. The number of nitrogens with one attached hydrogen (secondary N) is 1. The third-order valence-electron chi connectivity index (χ3n) is 5.64. The molecule has 0 aliphatic carbocycles. The quantitative estimate of drug-likeness (QED) is 0.673. The Morgan fingerprint density at radius 1 is 1.12 bits per heavy atom. The van der Waals surface area contributed by atoms with Crippen molar-refractivity contribution in [3.05, 3.63) is 69.6 Å². The van der Waals surface area contributed by atoms with Crippen LogP contribution >= 0.6 is 0 Å². The van der Waals surface area contributed by atoms with Crippen molar-refractivity contribution in [1.82, 2.24) is 14.7 Å². The number of anilines is 1. The Labute approximate surface area is 184 Å². The summed E-state index contributed by atoms with van der Waals surface area (Å²) in [4.78, 5) is 27.8. The molecule has 1 aromatic heterocycles. The van der Waals surface area contributed by atoms with E-state index >= 15 is 0 Å². The Bertz CT molecular complexity index is 1260. The molecule has 5 rings (SSSR count). The van der Waals surface area contributed by atoms with Crippen molar-refractivity contribution in [2.75, 3.05) is 32.8 Å². The molecule has 2 aromatic carbocycles. The summed E-state index contributed by atoms with van der Waals surface area (Å²) in [7, 11) is 3.61. The normalized spacial score (nSPS) is 14.7. The van der Waals surface area contributed by atoms with Gasteiger partial charge in [0.1, 0.15) is 0 Å². The van der Waals surface area contributed by atoms with Crippen LogP contribution in [0, 0.1) is 0 Å². The SMILES string of the molecule is COc1c2c(c(NC(=O)c3nn(-c4ccccc4)ccc3=O)c3c1OCO3)CCN(C)C2. The fourth-order valence-electron chi connectivity index (χ4n) is 4.10. The Balaban J connectivity index is 1.57. The van der Waals surface area contributed by atoms with Crippen LogP contribution in [0.3, 0.4) is 0 Å². The molecule has 2 aliphatic heterocycles. The summed E-state index contributed by atoms with van der Waals surface area (Å²) in [6.07, 6.45) is 2.22. The molecule has 0 atom stereocenters. The Morgan fingerprint density at radius 2 is 1.91 bits per heavy atom. The predicted octanol–water partition coefficient (Wildman–Crippen LogP) is 2.21. The van der Waals surface area contributed by atoms with Crippen molar-refractivity contribution >= 4 is 11.6 Å². The van der Waals surface area contributed by atoms with E-state index in [9.17, 15) is 9.59 Å². The monoisotopic (exact) mass is 434 g/mol. The Morgan fingerprint density at radius 3 is 2.69 bits per heavy atom. The molecule has 1 N–H and O–H groups in total. The molecular weight excluding hydrogens is 412 g/mol. The first-order chi connectivity index (χ1) is 15.6. The average Bonchev–Trinajstić information content (AvgIpc) is 3.29. The number of ether oxygens (including phenoxy) is 3. The number of methoxy groups -OCH3 is 1. The summed E-state index contributed by atoms with van der Waals surface area (Å²) < 4.78 is 18.5. The minimum Gasteiger partial charge on any atom is -0.492 e. The van der Waals surface area contributed by atoms with Gasteiger partial charge in [-0.25, -0.2) is 4.68 Å². The van der Waals surface area contributed by atoms with Gasteiger partial charge < -0.3 is 24.4 Å². The van der Waals surface area contributed by atoms with Gasteiger partial charge in [-0.1, -0.05) is 18.2 Å². The average molecular weight is 434 g/mol. The second kappa shape index (κ2) is 8.01. The van der Waals surface area contributed by atoms with Crippen molar-refractivity contribution in [2.24, 2.45) is 0 Å². The van der Waals surface area contributed by atoms with E-state index in [1.165, 1.54) is 16.9 Å². The molecule has 0 saturated carbocycles. The summed E-state index contributed by atoms with van der Waals surface area (Å²) in [5.74, 6) is 0.878. The minimum atomic E-state index is -0.607. The summed E-state index contributed by atoms with van der Waals surface area (Å²) in [5.41, 5.74) is 2.42. The van der Waals surface area contributed by atoms with Gasteiger partial charge in [-0.3, -0.25) is 9.59 Å². The van der Waals surface area contributed by atoms with Crippen molar-refractivity contribution in [3.63, 3.8) is 0 Å². The van der Waals surface area contributed by atoms with Crippen LogP contribution < -0.4 is 25.0 Å². The van der Waals surface area contributed by atoms with Crippen LogP contribution in [0.1, 0.15) is 21.6 Å². The molecule has 2 aliphatic rings. The number of carbonyl (C=O) groups excluding carboxylic acids is 1. The smallest absolute Gasteiger partial charge is 0.280 e. The van der Waals surface area contributed by atoms with Crippen molar-refractivity contribution in [3.8, 4) is 22.9 Å². The number of carbonyl (C=O) groups is 1. The number of rotatable bonds is 4.